The van der Waals surface area contributed by atoms with Gasteiger partial charge in [-0.15, -0.1) is 24.0 Å². The molecule has 0 amide bonds. The van der Waals surface area contributed by atoms with Crippen LogP contribution in [0.2, 0.25) is 0 Å². The molecule has 0 unspecified atom stereocenters. The van der Waals surface area contributed by atoms with Gasteiger partial charge >= 0.3 is 0 Å². The van der Waals surface area contributed by atoms with Gasteiger partial charge in [-0.1, -0.05) is 16.1 Å². The van der Waals surface area contributed by atoms with Gasteiger partial charge in [-0.3, -0.25) is 9.11 Å². The van der Waals surface area contributed by atoms with E-state index in [1.807, 2.05) is 0 Å². The van der Waals surface area contributed by atoms with Crippen molar-refractivity contribution in [3.63, 3.8) is 0 Å². The summed E-state index contributed by atoms with van der Waals surface area (Å²) in [6.45, 7) is 0.229. The largest absolute Gasteiger partial charge is 0.505 e. The van der Waals surface area contributed by atoms with Crippen LogP contribution < -0.4 is 11.1 Å². The molecule has 0 heterocycles. The smallest absolute Gasteiger partial charge is 0.296 e. The number of nitrogen functional groups attached to an aromatic ring is 1. The molecule has 0 radical (unpaired) electrons. The van der Waals surface area contributed by atoms with Crippen molar-refractivity contribution >= 4 is 83.5 Å². The fourth-order valence-corrected chi connectivity index (χ4v) is 6.22. The summed E-state index contributed by atoms with van der Waals surface area (Å²) in [5.74, 6) is -0.920. The first kappa shape index (κ1) is 36.0. The lowest BCUT2D eigenvalue weighted by Crippen LogP contribution is -2.06. The van der Waals surface area contributed by atoms with Gasteiger partial charge in [0.25, 0.3) is 20.2 Å². The minimum absolute atomic E-state index is 0.0111. The van der Waals surface area contributed by atoms with Gasteiger partial charge in [0.2, 0.25) is 0 Å². The van der Waals surface area contributed by atoms with Crippen LogP contribution in [-0.2, 0) is 45.5 Å². The van der Waals surface area contributed by atoms with Crippen molar-refractivity contribution in [2.45, 2.75) is 26.1 Å². The fraction of sp³-hybridized carbons (Fsp3) is 0.0833. The van der Waals surface area contributed by atoms with Crippen molar-refractivity contribution in [2.75, 3.05) is 12.8 Å². The number of fused-ring (bicyclic) bond motifs is 1. The Bertz CT molecular complexity index is 2060. The highest BCUT2D eigenvalue weighted by atomic mass is 32.2. The first-order valence-corrected chi connectivity index (χ1v) is 16.7. The molecule has 47 heavy (non-hydrogen) atoms. The molecular weight excluding hydrogens is 709 g/mol. The molecule has 0 aliphatic heterocycles. The summed E-state index contributed by atoms with van der Waals surface area (Å²) in [5, 5.41) is 53.5. The van der Waals surface area contributed by atoms with E-state index in [4.69, 9.17) is 16.2 Å². The molecule has 0 bridgehead atoms. The summed E-state index contributed by atoms with van der Waals surface area (Å²) in [5.41, 5.74) is 5.33. The lowest BCUT2D eigenvalue weighted by Gasteiger charge is -2.14. The molecule has 0 spiro atoms. The van der Waals surface area contributed by atoms with Crippen LogP contribution in [0.1, 0.15) is 5.56 Å². The molecule has 4 aromatic carbocycles. The number of nitrogens with two attached hydrogens (primary N) is 1. The number of benzene rings is 4. The van der Waals surface area contributed by atoms with Crippen LogP contribution in [0.5, 0.6) is 5.75 Å². The van der Waals surface area contributed by atoms with Gasteiger partial charge in [-0.25, -0.2) is 10.5 Å². The van der Waals surface area contributed by atoms with E-state index in [0.29, 0.717) is 34.5 Å². The second kappa shape index (κ2) is 15.4. The van der Waals surface area contributed by atoms with Crippen molar-refractivity contribution in [3.05, 3.63) is 60.2 Å². The van der Waals surface area contributed by atoms with Crippen LogP contribution in [0.4, 0.5) is 28.4 Å². The van der Waals surface area contributed by atoms with Gasteiger partial charge in [0.05, 0.1) is 45.7 Å². The number of rotatable bonds is 14. The molecule has 0 aliphatic carbocycles. The molecule has 0 fully saturated rings. The fourth-order valence-electron chi connectivity index (χ4n) is 4.02. The number of aromatic hydroxyl groups is 1. The Morgan fingerprint density at radius 1 is 0.809 bits per heavy atom. The maximum Gasteiger partial charge on any atom is 0.296 e. The van der Waals surface area contributed by atoms with Gasteiger partial charge in [0.1, 0.15) is 26.9 Å². The molecule has 4 rings (SSSR count). The van der Waals surface area contributed by atoms with E-state index in [1.54, 1.807) is 19.2 Å². The average Bonchev–Trinajstić information content (AvgIpc) is 3.01. The van der Waals surface area contributed by atoms with Gasteiger partial charge in [0, 0.05) is 11.4 Å². The van der Waals surface area contributed by atoms with Gasteiger partial charge < -0.3 is 16.2 Å². The summed E-state index contributed by atoms with van der Waals surface area (Å²) in [7, 11) is -8.35. The Balaban J connectivity index is 1.91. The highest BCUT2D eigenvalue weighted by Crippen LogP contribution is 2.49. The Kier molecular flexibility index (Phi) is 11.8. The lowest BCUT2D eigenvalue weighted by molar-refractivity contribution is -0.432. The summed E-state index contributed by atoms with van der Waals surface area (Å²) in [6, 6.07) is 11.9. The quantitative estimate of drug-likeness (QED) is 0.0194. The van der Waals surface area contributed by atoms with Gasteiger partial charge in [-0.2, -0.15) is 21.9 Å². The third-order valence-electron chi connectivity index (χ3n) is 5.95. The number of phenolic OH excluding ortho intramolecular Hbond substituents is 1. The maximum atomic E-state index is 12.4. The van der Waals surface area contributed by atoms with Gasteiger partial charge in [-0.05, 0) is 66.5 Å². The minimum Gasteiger partial charge on any atom is -0.505 e. The Labute approximate surface area is 273 Å². The Hall–Kier alpha value is -3.82. The molecule has 0 saturated carbocycles. The van der Waals surface area contributed by atoms with E-state index in [2.05, 4.69) is 44.5 Å². The third-order valence-corrected chi connectivity index (χ3v) is 8.91. The second-order valence-electron chi connectivity index (χ2n) is 8.94. The number of hydrogen-bond donors (Lipinski definition) is 7. The summed E-state index contributed by atoms with van der Waals surface area (Å²) >= 11 is 1.08. The predicted octanol–water partition coefficient (Wildman–Crippen LogP) is 6.03. The van der Waals surface area contributed by atoms with E-state index < -0.39 is 47.2 Å². The molecule has 4 aromatic rings. The van der Waals surface area contributed by atoms with Crippen LogP contribution in [0.15, 0.2) is 94.6 Å². The normalized spacial score (nSPS) is 12.5. The highest BCUT2D eigenvalue weighted by molar-refractivity contribution is 7.95. The number of azo groups is 2. The zero-order valence-electron chi connectivity index (χ0n) is 23.4. The monoisotopic (exact) mass is 730 g/mol. The lowest BCUT2D eigenvalue weighted by atomic mass is 10.1. The van der Waals surface area contributed by atoms with Crippen molar-refractivity contribution in [2.24, 2.45) is 20.5 Å². The van der Waals surface area contributed by atoms with E-state index in [-0.39, 0.29) is 39.3 Å². The van der Waals surface area contributed by atoms with Crippen molar-refractivity contribution in [1.82, 2.24) is 5.32 Å². The molecule has 0 saturated heterocycles. The average molecular weight is 731 g/mol. The number of nitrogens with zero attached hydrogens (tertiary/aromatic N) is 4. The van der Waals surface area contributed by atoms with Crippen LogP contribution >= 0.6 is 24.1 Å². The Morgan fingerprint density at radius 3 is 2.06 bits per heavy atom. The molecule has 0 aromatic heterocycles. The zero-order chi connectivity index (χ0) is 34.4. The van der Waals surface area contributed by atoms with Crippen LogP contribution in [0.25, 0.3) is 10.8 Å². The minimum atomic E-state index is -5.12. The molecular formula is C24H22N6O13S4. The summed E-state index contributed by atoms with van der Waals surface area (Å²) < 4.78 is 77.4. The SMILES string of the molecule is CNCc1ccc(N=Nc2c(S(=O)(=O)O)cc3cc(SOOO)c(N=Nc4ccc(SOOO)cc4)c(N)c3c2O)c(S(=O)(=O)O)c1. The predicted molar refractivity (Wildman–Crippen MR) is 165 cm³/mol. The first-order valence-electron chi connectivity index (χ1n) is 12.4. The summed E-state index contributed by atoms with van der Waals surface area (Å²) in [4.78, 5) is -1.11. The van der Waals surface area contributed by atoms with Gasteiger partial charge in [0.15, 0.2) is 5.75 Å². The molecule has 23 heteroatoms. The van der Waals surface area contributed by atoms with Crippen LogP contribution in [0.3, 0.4) is 0 Å². The number of anilines is 1. The standard InChI is InChI=1S/C24H22N6O13S4/c1-26-11-12-2-7-16(18(8-12)46(34,35)36)28-30-23-19(47(37,38)39)10-13-9-17(45-43-41-33)22(21(25)20(13)24(23)31)29-27-14-3-5-15(6-4-14)44-42-40-32/h2-10,26,31-33H,11,25H2,1H3,(H,34,35,36)(H,37,38,39). The topological polar surface area (TPSA) is 294 Å². The maximum absolute atomic E-state index is 12.4. The number of nitrogens with one attached hydrogen (secondary N) is 1. The van der Waals surface area contributed by atoms with E-state index in [9.17, 15) is 31.0 Å². The van der Waals surface area contributed by atoms with E-state index in [1.165, 1.54) is 30.3 Å². The van der Waals surface area contributed by atoms with Crippen molar-refractivity contribution in [3.8, 4) is 5.75 Å². The molecule has 0 atom stereocenters. The van der Waals surface area contributed by atoms with E-state index >= 15 is 0 Å². The second-order valence-corrected chi connectivity index (χ2v) is 13.2. The van der Waals surface area contributed by atoms with Crippen LogP contribution in [-0.4, -0.2) is 48.6 Å². The van der Waals surface area contributed by atoms with Crippen molar-refractivity contribution < 1.29 is 60.3 Å². The Morgan fingerprint density at radius 2 is 1.45 bits per heavy atom. The first-order chi connectivity index (χ1) is 22.3. The van der Waals surface area contributed by atoms with Crippen LogP contribution in [0, 0.1) is 0 Å². The highest BCUT2D eigenvalue weighted by Gasteiger charge is 2.26. The molecule has 19 nitrogen and oxygen atoms in total. The number of phenols is 1. The summed E-state index contributed by atoms with van der Waals surface area (Å²) in [6.07, 6.45) is 0. The molecule has 0 aliphatic rings. The van der Waals surface area contributed by atoms with Crippen molar-refractivity contribution in [1.29, 1.82) is 0 Å². The third kappa shape index (κ3) is 8.76. The zero-order valence-corrected chi connectivity index (χ0v) is 26.7. The van der Waals surface area contributed by atoms with E-state index in [0.717, 1.165) is 12.1 Å². The molecule has 250 valence electrons. The molecule has 8 N–H and O–H groups in total. The number of hydrogen-bond acceptors (Lipinski definition) is 19.